The second-order valence-corrected chi connectivity index (χ2v) is 5.38. The van der Waals surface area contributed by atoms with Crippen molar-refractivity contribution in [1.29, 1.82) is 0 Å². The number of aromatic amines is 1. The number of ether oxygens (including phenoxy) is 1. The van der Waals surface area contributed by atoms with E-state index in [1.165, 1.54) is 0 Å². The monoisotopic (exact) mass is 302 g/mol. The summed E-state index contributed by atoms with van der Waals surface area (Å²) < 4.78 is 5.18. The predicted molar refractivity (Wildman–Crippen MR) is 80.0 cm³/mol. The smallest absolute Gasteiger partial charge is 0.250 e. The Kier molecular flexibility index (Phi) is 3.58. The standard InChI is InChI=1S/C15H18N4O3/c1-15(14(21)16-2,19-5-6-22-8-13(19)20)10-3-4-11-12(7-10)18-9-17-11/h3-4,7,9H,5-6,8H2,1-2H3,(H,16,21)(H,17,18). The SMILES string of the molecule is CNC(=O)C(C)(c1ccc2nc[nH]c2c1)N1CCOCC1=O. The van der Waals surface area contributed by atoms with Gasteiger partial charge in [-0.1, -0.05) is 6.07 Å². The Labute approximate surface area is 127 Å². The topological polar surface area (TPSA) is 87.3 Å². The van der Waals surface area contributed by atoms with Gasteiger partial charge in [-0.25, -0.2) is 4.98 Å². The summed E-state index contributed by atoms with van der Waals surface area (Å²) in [5, 5.41) is 2.66. The first kappa shape index (κ1) is 14.5. The number of likely N-dealkylation sites (N-methyl/N-ethyl adjacent to an activating group) is 1. The minimum atomic E-state index is -1.09. The molecule has 1 aromatic heterocycles. The first-order valence-corrected chi connectivity index (χ1v) is 7.11. The lowest BCUT2D eigenvalue weighted by molar-refractivity contribution is -0.157. The molecule has 1 unspecified atom stereocenters. The van der Waals surface area contributed by atoms with Crippen LogP contribution in [0.1, 0.15) is 12.5 Å². The first-order valence-electron chi connectivity index (χ1n) is 7.11. The molecule has 2 amide bonds. The van der Waals surface area contributed by atoms with Crippen molar-refractivity contribution in [2.24, 2.45) is 0 Å². The van der Waals surface area contributed by atoms with Gasteiger partial charge in [0.1, 0.15) is 12.1 Å². The molecular weight excluding hydrogens is 284 g/mol. The number of H-pyrrole nitrogens is 1. The molecule has 7 nitrogen and oxygen atoms in total. The van der Waals surface area contributed by atoms with Gasteiger partial charge in [-0.05, 0) is 24.6 Å². The summed E-state index contributed by atoms with van der Waals surface area (Å²) in [6, 6.07) is 5.54. The zero-order valence-electron chi connectivity index (χ0n) is 12.5. The second kappa shape index (κ2) is 5.42. The Bertz CT molecular complexity index is 726. The van der Waals surface area contributed by atoms with Crippen LogP contribution < -0.4 is 5.32 Å². The van der Waals surface area contributed by atoms with Crippen LogP contribution in [-0.2, 0) is 19.9 Å². The Morgan fingerprint density at radius 3 is 3.05 bits per heavy atom. The molecule has 22 heavy (non-hydrogen) atoms. The van der Waals surface area contributed by atoms with Gasteiger partial charge >= 0.3 is 0 Å². The van der Waals surface area contributed by atoms with Gasteiger partial charge in [-0.3, -0.25) is 9.59 Å². The molecule has 0 aliphatic carbocycles. The fourth-order valence-corrected chi connectivity index (χ4v) is 2.88. The summed E-state index contributed by atoms with van der Waals surface area (Å²) in [4.78, 5) is 33.6. The fourth-order valence-electron chi connectivity index (χ4n) is 2.88. The van der Waals surface area contributed by atoms with Crippen molar-refractivity contribution >= 4 is 22.8 Å². The van der Waals surface area contributed by atoms with Gasteiger partial charge < -0.3 is 19.9 Å². The van der Waals surface area contributed by atoms with Gasteiger partial charge in [0.15, 0.2) is 0 Å². The predicted octanol–water partition coefficient (Wildman–Crippen LogP) is 0.383. The average Bonchev–Trinajstić information content (AvgIpc) is 3.01. The van der Waals surface area contributed by atoms with E-state index in [1.54, 1.807) is 25.2 Å². The van der Waals surface area contributed by atoms with Crippen LogP contribution in [0.2, 0.25) is 0 Å². The highest BCUT2D eigenvalue weighted by Gasteiger charge is 2.44. The van der Waals surface area contributed by atoms with E-state index in [4.69, 9.17) is 4.74 Å². The highest BCUT2D eigenvalue weighted by molar-refractivity contribution is 5.93. The van der Waals surface area contributed by atoms with E-state index in [0.717, 1.165) is 16.6 Å². The number of carbonyl (C=O) groups excluding carboxylic acids is 2. The van der Waals surface area contributed by atoms with E-state index in [2.05, 4.69) is 15.3 Å². The Morgan fingerprint density at radius 2 is 2.32 bits per heavy atom. The molecular formula is C15H18N4O3. The van der Waals surface area contributed by atoms with Gasteiger partial charge in [-0.2, -0.15) is 0 Å². The lowest BCUT2D eigenvalue weighted by Gasteiger charge is -2.42. The number of morpholine rings is 1. The van der Waals surface area contributed by atoms with Crippen LogP contribution in [0.5, 0.6) is 0 Å². The van der Waals surface area contributed by atoms with Crippen LogP contribution in [0.4, 0.5) is 0 Å². The normalized spacial score (nSPS) is 18.3. The van der Waals surface area contributed by atoms with Crippen LogP contribution in [0.15, 0.2) is 24.5 Å². The number of hydrogen-bond acceptors (Lipinski definition) is 4. The molecule has 0 saturated carbocycles. The number of fused-ring (bicyclic) bond motifs is 1. The summed E-state index contributed by atoms with van der Waals surface area (Å²) in [5.41, 5.74) is 1.29. The third kappa shape index (κ3) is 2.14. The number of carbonyl (C=O) groups is 2. The van der Waals surface area contributed by atoms with Crippen LogP contribution in [0.25, 0.3) is 11.0 Å². The van der Waals surface area contributed by atoms with Crippen molar-refractivity contribution in [2.75, 3.05) is 26.8 Å². The minimum Gasteiger partial charge on any atom is -0.370 e. The highest BCUT2D eigenvalue weighted by atomic mass is 16.5. The highest BCUT2D eigenvalue weighted by Crippen LogP contribution is 2.31. The molecule has 1 fully saturated rings. The molecule has 1 atom stereocenters. The average molecular weight is 302 g/mol. The number of amides is 2. The van der Waals surface area contributed by atoms with Crippen molar-refractivity contribution in [2.45, 2.75) is 12.5 Å². The first-order chi connectivity index (χ1) is 10.6. The van der Waals surface area contributed by atoms with E-state index in [-0.39, 0.29) is 18.4 Å². The maximum absolute atomic E-state index is 12.6. The van der Waals surface area contributed by atoms with Crippen LogP contribution in [0.3, 0.4) is 0 Å². The molecule has 1 aliphatic heterocycles. The summed E-state index contributed by atoms with van der Waals surface area (Å²) in [6.07, 6.45) is 1.60. The number of imidazole rings is 1. The third-order valence-corrected chi connectivity index (χ3v) is 4.18. The van der Waals surface area contributed by atoms with Crippen LogP contribution in [-0.4, -0.2) is 53.5 Å². The molecule has 1 aromatic carbocycles. The lowest BCUT2D eigenvalue weighted by atomic mass is 9.88. The molecule has 0 radical (unpaired) electrons. The number of benzene rings is 1. The second-order valence-electron chi connectivity index (χ2n) is 5.38. The Balaban J connectivity index is 2.11. The number of nitrogens with zero attached hydrogens (tertiary/aromatic N) is 2. The minimum absolute atomic E-state index is 0.00111. The number of aromatic nitrogens is 2. The van der Waals surface area contributed by atoms with Crippen LogP contribution >= 0.6 is 0 Å². The summed E-state index contributed by atoms with van der Waals surface area (Å²) in [5.74, 6) is -0.427. The van der Waals surface area contributed by atoms with Crippen LogP contribution in [0, 0.1) is 0 Å². The van der Waals surface area contributed by atoms with E-state index >= 15 is 0 Å². The van der Waals surface area contributed by atoms with Crippen molar-refractivity contribution in [3.8, 4) is 0 Å². The Morgan fingerprint density at radius 1 is 1.50 bits per heavy atom. The molecule has 0 spiro atoms. The quantitative estimate of drug-likeness (QED) is 0.858. The van der Waals surface area contributed by atoms with Gasteiger partial charge in [0.2, 0.25) is 11.8 Å². The summed E-state index contributed by atoms with van der Waals surface area (Å²) in [6.45, 7) is 2.56. The molecule has 2 N–H and O–H groups in total. The molecule has 116 valence electrons. The maximum Gasteiger partial charge on any atom is 0.250 e. The van der Waals surface area contributed by atoms with Crippen molar-refractivity contribution in [1.82, 2.24) is 20.2 Å². The molecule has 1 saturated heterocycles. The largest absolute Gasteiger partial charge is 0.370 e. The van der Waals surface area contributed by atoms with E-state index in [1.807, 2.05) is 18.2 Å². The molecule has 3 rings (SSSR count). The number of nitrogens with one attached hydrogen (secondary N) is 2. The van der Waals surface area contributed by atoms with E-state index < -0.39 is 5.54 Å². The Hall–Kier alpha value is -2.41. The zero-order chi connectivity index (χ0) is 15.7. The maximum atomic E-state index is 12.6. The molecule has 2 aromatic rings. The summed E-state index contributed by atoms with van der Waals surface area (Å²) >= 11 is 0. The fraction of sp³-hybridized carbons (Fsp3) is 0.400. The van der Waals surface area contributed by atoms with Crippen molar-refractivity contribution < 1.29 is 14.3 Å². The molecule has 0 bridgehead atoms. The third-order valence-electron chi connectivity index (χ3n) is 4.18. The van der Waals surface area contributed by atoms with E-state index in [9.17, 15) is 9.59 Å². The lowest BCUT2D eigenvalue weighted by Crippen LogP contribution is -2.59. The molecule has 2 heterocycles. The van der Waals surface area contributed by atoms with Gasteiger partial charge in [-0.15, -0.1) is 0 Å². The van der Waals surface area contributed by atoms with Gasteiger partial charge in [0, 0.05) is 13.6 Å². The summed E-state index contributed by atoms with van der Waals surface area (Å²) in [7, 11) is 1.57. The van der Waals surface area contributed by atoms with Gasteiger partial charge in [0.25, 0.3) is 0 Å². The van der Waals surface area contributed by atoms with Gasteiger partial charge in [0.05, 0.1) is 24.0 Å². The van der Waals surface area contributed by atoms with Crippen molar-refractivity contribution in [3.05, 3.63) is 30.1 Å². The molecule has 7 heteroatoms. The van der Waals surface area contributed by atoms with E-state index in [0.29, 0.717) is 13.2 Å². The zero-order valence-corrected chi connectivity index (χ0v) is 12.5. The number of hydrogen-bond donors (Lipinski definition) is 2. The van der Waals surface area contributed by atoms with Crippen molar-refractivity contribution in [3.63, 3.8) is 0 Å². The number of rotatable bonds is 3. The molecule has 1 aliphatic rings.